The normalized spacial score (nSPS) is 24.1. The summed E-state index contributed by atoms with van der Waals surface area (Å²) in [5.74, 6) is 6.33. The van der Waals surface area contributed by atoms with Crippen molar-refractivity contribution in [2.45, 2.75) is 114 Å². The summed E-state index contributed by atoms with van der Waals surface area (Å²) in [5, 5.41) is 31.0. The molecule has 0 radical (unpaired) electrons. The van der Waals surface area contributed by atoms with Crippen LogP contribution < -0.4 is 5.73 Å². The topological polar surface area (TPSA) is 140 Å². The third kappa shape index (κ3) is 6.70. The number of aliphatic hydroxyl groups excluding tert-OH is 3. The molecule has 3 heterocycles. The maximum atomic E-state index is 10.9. The first-order chi connectivity index (χ1) is 17.0. The second kappa shape index (κ2) is 13.7. The molecule has 1 aliphatic rings. The quantitative estimate of drug-likeness (QED) is 0.235. The van der Waals surface area contributed by atoms with Crippen LogP contribution in [0, 0.1) is 11.8 Å². The molecule has 2 aromatic rings. The van der Waals surface area contributed by atoms with Gasteiger partial charge in [0.25, 0.3) is 0 Å². The van der Waals surface area contributed by atoms with E-state index in [1.54, 1.807) is 0 Å². The Hall–Kier alpha value is -2.25. The van der Waals surface area contributed by atoms with Gasteiger partial charge in [-0.15, -0.1) is 0 Å². The first-order valence-corrected chi connectivity index (χ1v) is 13.1. The molecule has 4 atom stereocenters. The Morgan fingerprint density at radius 3 is 2.20 bits per heavy atom. The summed E-state index contributed by atoms with van der Waals surface area (Å²) in [5.41, 5.74) is 4.97. The number of anilines is 1. The third-order valence-corrected chi connectivity index (χ3v) is 6.76. The molecule has 1 saturated heterocycles. The fourth-order valence-electron chi connectivity index (χ4n) is 4.65. The van der Waals surface area contributed by atoms with E-state index >= 15 is 0 Å². The maximum Gasteiger partial charge on any atom is 0.241 e. The highest BCUT2D eigenvalue weighted by Crippen LogP contribution is 2.37. The van der Waals surface area contributed by atoms with Gasteiger partial charge in [0.05, 0.1) is 6.61 Å². The number of hydrogen-bond acceptors (Lipinski definition) is 8. The number of nitrogens with zero attached hydrogens (tertiary/aromatic N) is 4. The molecule has 194 valence electrons. The van der Waals surface area contributed by atoms with Gasteiger partial charge in [0.1, 0.15) is 36.5 Å². The van der Waals surface area contributed by atoms with Crippen LogP contribution in [-0.4, -0.2) is 59.8 Å². The van der Waals surface area contributed by atoms with Crippen LogP contribution in [0.3, 0.4) is 0 Å². The predicted octanol–water partition coefficient (Wildman–Crippen LogP) is 3.27. The maximum absolute atomic E-state index is 10.9. The fraction of sp³-hybridized carbons (Fsp3) is 0.731. The standard InChI is InChI=1S/C26H41N5O4/c1-2-3-4-5-6-7-8-9-10-11-12-13-14-15-16-26(23(34)22(33)20(17-32)35-26)31-19-30-21-24(27)28-18-29-25(21)31/h18-20,22-23,32-34H,2-14,17H2,1H3,(H2,27,28,29)/t20-,22-,23-,26-/m1/s1. The molecule has 9 heteroatoms. The van der Waals surface area contributed by atoms with E-state index < -0.39 is 30.6 Å². The van der Waals surface area contributed by atoms with Gasteiger partial charge in [-0.2, -0.15) is 0 Å². The summed E-state index contributed by atoms with van der Waals surface area (Å²) < 4.78 is 7.40. The third-order valence-electron chi connectivity index (χ3n) is 6.76. The van der Waals surface area contributed by atoms with Crippen LogP contribution >= 0.6 is 0 Å². The van der Waals surface area contributed by atoms with Gasteiger partial charge >= 0.3 is 0 Å². The number of fused-ring (bicyclic) bond motifs is 1. The Morgan fingerprint density at radius 2 is 1.60 bits per heavy atom. The number of aliphatic hydroxyl groups is 3. The number of unbranched alkanes of at least 4 members (excludes halogenated alkanes) is 12. The van der Waals surface area contributed by atoms with Crippen molar-refractivity contribution < 1.29 is 20.1 Å². The summed E-state index contributed by atoms with van der Waals surface area (Å²) >= 11 is 0. The molecule has 0 bridgehead atoms. The first kappa shape index (κ1) is 27.3. The summed E-state index contributed by atoms with van der Waals surface area (Å²) in [7, 11) is 0. The number of rotatable bonds is 14. The fourth-order valence-corrected chi connectivity index (χ4v) is 4.65. The summed E-state index contributed by atoms with van der Waals surface area (Å²) in [4.78, 5) is 12.4. The van der Waals surface area contributed by atoms with E-state index in [0.29, 0.717) is 17.6 Å². The molecule has 0 unspecified atom stereocenters. The number of ether oxygens (including phenoxy) is 1. The molecule has 2 aromatic heterocycles. The average Bonchev–Trinajstić information content (AvgIpc) is 3.40. The van der Waals surface area contributed by atoms with Crippen molar-refractivity contribution in [2.75, 3.05) is 12.3 Å². The van der Waals surface area contributed by atoms with E-state index in [0.717, 1.165) is 12.8 Å². The molecule has 9 nitrogen and oxygen atoms in total. The van der Waals surface area contributed by atoms with Crippen molar-refractivity contribution >= 4 is 17.0 Å². The largest absolute Gasteiger partial charge is 0.394 e. The highest BCUT2D eigenvalue weighted by Gasteiger charge is 2.55. The molecule has 1 fully saturated rings. The minimum absolute atomic E-state index is 0.195. The number of imidazole rings is 1. The lowest BCUT2D eigenvalue weighted by atomic mass is 10.0. The summed E-state index contributed by atoms with van der Waals surface area (Å²) in [6, 6.07) is 0. The van der Waals surface area contributed by atoms with Gasteiger partial charge in [-0.1, -0.05) is 83.5 Å². The summed E-state index contributed by atoms with van der Waals surface area (Å²) in [6.07, 6.45) is 14.9. The Bertz CT molecular complexity index is 972. The number of nitrogens with two attached hydrogens (primary N) is 1. The molecule has 1 aliphatic heterocycles. The van der Waals surface area contributed by atoms with Crippen LogP contribution in [-0.2, 0) is 10.5 Å². The zero-order chi connectivity index (χ0) is 25.1. The zero-order valence-corrected chi connectivity index (χ0v) is 20.9. The number of nitrogen functional groups attached to an aromatic ring is 1. The van der Waals surface area contributed by atoms with Crippen LogP contribution in [0.1, 0.15) is 90.4 Å². The van der Waals surface area contributed by atoms with Gasteiger partial charge < -0.3 is 25.8 Å². The Labute approximate surface area is 208 Å². The number of hydrogen-bond donors (Lipinski definition) is 4. The van der Waals surface area contributed by atoms with Crippen LogP contribution in [0.25, 0.3) is 11.2 Å². The molecular formula is C26H41N5O4. The second-order valence-electron chi connectivity index (χ2n) is 9.46. The molecule has 35 heavy (non-hydrogen) atoms. The van der Waals surface area contributed by atoms with E-state index in [2.05, 4.69) is 33.7 Å². The molecule has 0 amide bonds. The van der Waals surface area contributed by atoms with Gasteiger partial charge in [0.2, 0.25) is 5.72 Å². The van der Waals surface area contributed by atoms with E-state index in [9.17, 15) is 15.3 Å². The smallest absolute Gasteiger partial charge is 0.241 e. The van der Waals surface area contributed by atoms with Crippen molar-refractivity contribution in [3.05, 3.63) is 12.7 Å². The molecule has 3 rings (SSSR count). The van der Waals surface area contributed by atoms with Crippen LogP contribution in [0.2, 0.25) is 0 Å². The van der Waals surface area contributed by atoms with Gasteiger partial charge in [-0.3, -0.25) is 4.57 Å². The predicted molar refractivity (Wildman–Crippen MR) is 135 cm³/mol. The second-order valence-corrected chi connectivity index (χ2v) is 9.46. The van der Waals surface area contributed by atoms with Crippen molar-refractivity contribution in [1.82, 2.24) is 19.5 Å². The van der Waals surface area contributed by atoms with E-state index in [1.807, 2.05) is 0 Å². The highest BCUT2D eigenvalue weighted by atomic mass is 16.6. The van der Waals surface area contributed by atoms with Crippen molar-refractivity contribution in [3.63, 3.8) is 0 Å². The van der Waals surface area contributed by atoms with Gasteiger partial charge in [-0.05, 0) is 12.3 Å². The molecular weight excluding hydrogens is 446 g/mol. The van der Waals surface area contributed by atoms with E-state index in [-0.39, 0.29) is 5.82 Å². The van der Waals surface area contributed by atoms with Crippen LogP contribution in [0.4, 0.5) is 5.82 Å². The van der Waals surface area contributed by atoms with Gasteiger partial charge in [0, 0.05) is 6.42 Å². The molecule has 0 saturated carbocycles. The van der Waals surface area contributed by atoms with Crippen LogP contribution in [0.15, 0.2) is 12.7 Å². The highest BCUT2D eigenvalue weighted by molar-refractivity contribution is 5.81. The lowest BCUT2D eigenvalue weighted by molar-refractivity contribution is -0.103. The van der Waals surface area contributed by atoms with E-state index in [1.165, 1.54) is 81.4 Å². The minimum Gasteiger partial charge on any atom is -0.394 e. The molecule has 0 aliphatic carbocycles. The zero-order valence-electron chi connectivity index (χ0n) is 20.9. The van der Waals surface area contributed by atoms with E-state index in [4.69, 9.17) is 10.5 Å². The lowest BCUT2D eigenvalue weighted by Crippen LogP contribution is -2.44. The van der Waals surface area contributed by atoms with Crippen molar-refractivity contribution in [3.8, 4) is 11.8 Å². The summed E-state index contributed by atoms with van der Waals surface area (Å²) in [6.45, 7) is 1.80. The monoisotopic (exact) mass is 487 g/mol. The van der Waals surface area contributed by atoms with Crippen molar-refractivity contribution in [1.29, 1.82) is 0 Å². The van der Waals surface area contributed by atoms with Crippen LogP contribution in [0.5, 0.6) is 0 Å². The number of aromatic nitrogens is 4. The Morgan fingerprint density at radius 1 is 0.971 bits per heavy atom. The lowest BCUT2D eigenvalue weighted by Gasteiger charge is -2.28. The van der Waals surface area contributed by atoms with Crippen molar-refractivity contribution in [2.24, 2.45) is 0 Å². The SMILES string of the molecule is CCCCCCCCCCCCCCC#C[C@@]1(n2cnc3c(N)ncnc32)O[C@H](CO)[C@@H](O)[C@H]1O. The molecule has 0 aromatic carbocycles. The minimum atomic E-state index is -1.63. The van der Waals surface area contributed by atoms with Gasteiger partial charge in [0.15, 0.2) is 11.5 Å². The Balaban J connectivity index is 1.52. The molecule has 5 N–H and O–H groups in total. The Kier molecular flexibility index (Phi) is 10.7. The molecule has 0 spiro atoms. The van der Waals surface area contributed by atoms with Gasteiger partial charge in [-0.25, -0.2) is 15.0 Å². The first-order valence-electron chi connectivity index (χ1n) is 13.1. The average molecular weight is 488 g/mol.